The number of nitrogens with two attached hydrogens (primary N) is 1. The highest BCUT2D eigenvalue weighted by molar-refractivity contribution is 5.16. The van der Waals surface area contributed by atoms with Gasteiger partial charge in [-0.25, -0.2) is 0 Å². The van der Waals surface area contributed by atoms with Gasteiger partial charge in [0.2, 0.25) is 0 Å². The van der Waals surface area contributed by atoms with Crippen molar-refractivity contribution in [3.05, 3.63) is 18.0 Å². The molecule has 0 bridgehead atoms. The first-order valence-electron chi connectivity index (χ1n) is 4.90. The van der Waals surface area contributed by atoms with Crippen LogP contribution < -0.4 is 5.73 Å². The summed E-state index contributed by atoms with van der Waals surface area (Å²) in [7, 11) is 0. The van der Waals surface area contributed by atoms with E-state index < -0.39 is 0 Å². The molecule has 1 rings (SSSR count). The minimum absolute atomic E-state index is 0.0436. The molecular weight excluding hydrogens is 178 g/mol. The Kier molecular flexibility index (Phi) is 3.29. The first-order chi connectivity index (χ1) is 6.55. The maximum Gasteiger partial charge on any atom is 0.0552 e. The van der Waals surface area contributed by atoms with E-state index in [1.807, 2.05) is 17.7 Å². The van der Waals surface area contributed by atoms with E-state index in [9.17, 15) is 5.11 Å². The van der Waals surface area contributed by atoms with E-state index in [4.69, 9.17) is 5.73 Å². The van der Waals surface area contributed by atoms with Crippen LogP contribution in [0.1, 0.15) is 32.5 Å². The van der Waals surface area contributed by atoms with Gasteiger partial charge in [-0.3, -0.25) is 4.68 Å². The minimum atomic E-state index is -0.388. The number of rotatable bonds is 4. The van der Waals surface area contributed by atoms with Crippen molar-refractivity contribution in [2.75, 3.05) is 13.2 Å². The van der Waals surface area contributed by atoms with Gasteiger partial charge in [0.15, 0.2) is 0 Å². The van der Waals surface area contributed by atoms with Gasteiger partial charge in [0.25, 0.3) is 0 Å². The standard InChI is InChI=1S/C10H19N3O/c1-8(2)13-9(4-5-12-13)10(3,6-11)7-14/h4-5,8,14H,6-7,11H2,1-3H3. The Labute approximate surface area is 84.7 Å². The Balaban J connectivity index is 3.10. The molecule has 0 radical (unpaired) electrons. The highest BCUT2D eigenvalue weighted by atomic mass is 16.3. The lowest BCUT2D eigenvalue weighted by Gasteiger charge is -2.27. The molecule has 4 heteroatoms. The highest BCUT2D eigenvalue weighted by Gasteiger charge is 2.28. The van der Waals surface area contributed by atoms with Crippen molar-refractivity contribution in [2.45, 2.75) is 32.2 Å². The van der Waals surface area contributed by atoms with Crippen LogP contribution in [-0.4, -0.2) is 28.0 Å². The molecule has 0 amide bonds. The van der Waals surface area contributed by atoms with Crippen LogP contribution in [-0.2, 0) is 5.41 Å². The van der Waals surface area contributed by atoms with Crippen molar-refractivity contribution in [1.82, 2.24) is 9.78 Å². The van der Waals surface area contributed by atoms with E-state index in [0.29, 0.717) is 6.54 Å². The molecule has 0 fully saturated rings. The van der Waals surface area contributed by atoms with E-state index in [0.717, 1.165) is 5.69 Å². The lowest BCUT2D eigenvalue weighted by atomic mass is 9.87. The van der Waals surface area contributed by atoms with Crippen LogP contribution in [0.25, 0.3) is 0 Å². The molecular formula is C10H19N3O. The predicted molar refractivity (Wildman–Crippen MR) is 56.1 cm³/mol. The molecule has 1 atom stereocenters. The van der Waals surface area contributed by atoms with Crippen LogP contribution in [0.5, 0.6) is 0 Å². The molecule has 1 aromatic heterocycles. The maximum absolute atomic E-state index is 9.34. The molecule has 0 aliphatic carbocycles. The fraction of sp³-hybridized carbons (Fsp3) is 0.700. The Hall–Kier alpha value is -0.870. The summed E-state index contributed by atoms with van der Waals surface area (Å²) in [5.41, 5.74) is 6.29. The van der Waals surface area contributed by atoms with Crippen LogP contribution in [0, 0.1) is 0 Å². The highest BCUT2D eigenvalue weighted by Crippen LogP contribution is 2.23. The number of hydrogen-bond donors (Lipinski definition) is 2. The summed E-state index contributed by atoms with van der Waals surface area (Å²) in [4.78, 5) is 0. The molecule has 0 spiro atoms. The van der Waals surface area contributed by atoms with Crippen molar-refractivity contribution in [1.29, 1.82) is 0 Å². The Morgan fingerprint density at radius 3 is 2.71 bits per heavy atom. The van der Waals surface area contributed by atoms with Gasteiger partial charge in [-0.2, -0.15) is 5.10 Å². The van der Waals surface area contributed by atoms with Crippen molar-refractivity contribution < 1.29 is 5.11 Å². The lowest BCUT2D eigenvalue weighted by Crippen LogP contribution is -2.38. The summed E-state index contributed by atoms with van der Waals surface area (Å²) < 4.78 is 1.91. The fourth-order valence-electron chi connectivity index (χ4n) is 1.45. The molecule has 3 N–H and O–H groups in total. The fourth-order valence-corrected chi connectivity index (χ4v) is 1.45. The van der Waals surface area contributed by atoms with Gasteiger partial charge >= 0.3 is 0 Å². The van der Waals surface area contributed by atoms with Crippen molar-refractivity contribution in [3.8, 4) is 0 Å². The Morgan fingerprint density at radius 1 is 1.64 bits per heavy atom. The van der Waals surface area contributed by atoms with Gasteiger partial charge < -0.3 is 10.8 Å². The summed E-state index contributed by atoms with van der Waals surface area (Å²) in [6, 6.07) is 2.21. The van der Waals surface area contributed by atoms with Crippen molar-refractivity contribution in [3.63, 3.8) is 0 Å². The second-order valence-corrected chi connectivity index (χ2v) is 4.18. The number of nitrogens with zero attached hydrogens (tertiary/aromatic N) is 2. The number of hydrogen-bond acceptors (Lipinski definition) is 3. The van der Waals surface area contributed by atoms with Gasteiger partial charge in [0.05, 0.1) is 6.61 Å². The largest absolute Gasteiger partial charge is 0.395 e. The van der Waals surface area contributed by atoms with Gasteiger partial charge in [-0.15, -0.1) is 0 Å². The molecule has 1 heterocycles. The average molecular weight is 197 g/mol. The Bertz CT molecular complexity index is 289. The second kappa shape index (κ2) is 4.11. The molecule has 1 unspecified atom stereocenters. The average Bonchev–Trinajstić information content (AvgIpc) is 2.65. The topological polar surface area (TPSA) is 64.1 Å². The SMILES string of the molecule is CC(C)n1nccc1C(C)(CN)CO. The smallest absolute Gasteiger partial charge is 0.0552 e. The second-order valence-electron chi connectivity index (χ2n) is 4.18. The normalized spacial score (nSPS) is 15.9. The van der Waals surface area contributed by atoms with E-state index in [2.05, 4.69) is 18.9 Å². The zero-order valence-corrected chi connectivity index (χ0v) is 9.07. The molecule has 0 saturated heterocycles. The van der Waals surface area contributed by atoms with Gasteiger partial charge in [0.1, 0.15) is 0 Å². The zero-order chi connectivity index (χ0) is 10.8. The molecule has 80 valence electrons. The summed E-state index contributed by atoms with van der Waals surface area (Å²) >= 11 is 0. The number of aliphatic hydroxyl groups excluding tert-OH is 1. The van der Waals surface area contributed by atoms with Gasteiger partial charge in [-0.05, 0) is 19.9 Å². The molecule has 14 heavy (non-hydrogen) atoms. The number of aliphatic hydroxyl groups is 1. The van der Waals surface area contributed by atoms with Crippen LogP contribution in [0.2, 0.25) is 0 Å². The van der Waals surface area contributed by atoms with Gasteiger partial charge in [-0.1, -0.05) is 6.92 Å². The van der Waals surface area contributed by atoms with Crippen molar-refractivity contribution >= 4 is 0 Å². The van der Waals surface area contributed by atoms with Crippen LogP contribution >= 0.6 is 0 Å². The third kappa shape index (κ3) is 1.81. The minimum Gasteiger partial charge on any atom is -0.395 e. The van der Waals surface area contributed by atoms with E-state index in [1.54, 1.807) is 6.20 Å². The monoisotopic (exact) mass is 197 g/mol. The van der Waals surface area contributed by atoms with E-state index in [1.165, 1.54) is 0 Å². The quantitative estimate of drug-likeness (QED) is 0.745. The number of aromatic nitrogens is 2. The Morgan fingerprint density at radius 2 is 2.29 bits per heavy atom. The van der Waals surface area contributed by atoms with Crippen LogP contribution in [0.3, 0.4) is 0 Å². The summed E-state index contributed by atoms with van der Waals surface area (Å²) in [5, 5.41) is 13.6. The summed E-state index contributed by atoms with van der Waals surface area (Å²) in [6.45, 7) is 6.53. The van der Waals surface area contributed by atoms with Crippen LogP contribution in [0.4, 0.5) is 0 Å². The van der Waals surface area contributed by atoms with E-state index in [-0.39, 0.29) is 18.1 Å². The molecule has 0 aliphatic rings. The van der Waals surface area contributed by atoms with Crippen LogP contribution in [0.15, 0.2) is 12.3 Å². The maximum atomic E-state index is 9.34. The lowest BCUT2D eigenvalue weighted by molar-refractivity contribution is 0.200. The molecule has 1 aromatic rings. The summed E-state index contributed by atoms with van der Waals surface area (Å²) in [5.74, 6) is 0. The molecule has 0 saturated carbocycles. The van der Waals surface area contributed by atoms with Crippen molar-refractivity contribution in [2.24, 2.45) is 5.73 Å². The molecule has 4 nitrogen and oxygen atoms in total. The first-order valence-corrected chi connectivity index (χ1v) is 4.90. The zero-order valence-electron chi connectivity index (χ0n) is 9.07. The third-order valence-corrected chi connectivity index (χ3v) is 2.58. The first kappa shape index (κ1) is 11.2. The summed E-state index contributed by atoms with van der Waals surface area (Å²) in [6.07, 6.45) is 1.75. The molecule has 0 aromatic carbocycles. The molecule has 0 aliphatic heterocycles. The third-order valence-electron chi connectivity index (χ3n) is 2.58. The van der Waals surface area contributed by atoms with Gasteiger partial charge in [0, 0.05) is 29.9 Å². The van der Waals surface area contributed by atoms with E-state index >= 15 is 0 Å². The predicted octanol–water partition coefficient (Wildman–Crippen LogP) is 0.673.